The second-order valence-corrected chi connectivity index (χ2v) is 6.06. The molecule has 0 saturated heterocycles. The maximum absolute atomic E-state index is 12.2. The van der Waals surface area contributed by atoms with Crippen LogP contribution in [0.1, 0.15) is 37.6 Å². The van der Waals surface area contributed by atoms with E-state index < -0.39 is 0 Å². The van der Waals surface area contributed by atoms with Gasteiger partial charge in [0.05, 0.1) is 5.69 Å². The zero-order chi connectivity index (χ0) is 14.0. The van der Waals surface area contributed by atoms with Gasteiger partial charge >= 0.3 is 6.03 Å². The molecule has 1 aliphatic rings. The number of rotatable bonds is 1. The first-order valence-electron chi connectivity index (χ1n) is 6.56. The molecule has 0 unspecified atom stereocenters. The minimum absolute atomic E-state index is 0.0424. The first-order valence-corrected chi connectivity index (χ1v) is 6.56. The number of nitrogens with zero attached hydrogens (tertiary/aromatic N) is 1. The van der Waals surface area contributed by atoms with Crippen LogP contribution >= 0.6 is 0 Å². The van der Waals surface area contributed by atoms with Crippen LogP contribution in [0, 0.1) is 5.41 Å². The van der Waals surface area contributed by atoms with Gasteiger partial charge in [-0.2, -0.15) is 0 Å². The van der Waals surface area contributed by atoms with E-state index in [2.05, 4.69) is 26.1 Å². The van der Waals surface area contributed by atoms with Crippen LogP contribution < -0.4 is 10.2 Å². The van der Waals surface area contributed by atoms with Gasteiger partial charge in [-0.05, 0) is 17.5 Å². The number of Topliss-reactive ketones (excluding diaryl/α,β-unsaturated/α-hetero) is 1. The highest BCUT2D eigenvalue weighted by Crippen LogP contribution is 2.26. The summed E-state index contributed by atoms with van der Waals surface area (Å²) in [6.07, 6.45) is 0.389. The van der Waals surface area contributed by atoms with E-state index in [1.165, 1.54) is 0 Å². The molecule has 0 spiro atoms. The van der Waals surface area contributed by atoms with Crippen molar-refractivity contribution in [2.24, 2.45) is 5.41 Å². The average molecular weight is 260 g/mol. The van der Waals surface area contributed by atoms with Crippen molar-refractivity contribution in [3.05, 3.63) is 29.8 Å². The Morgan fingerprint density at radius 2 is 2.00 bits per heavy atom. The molecule has 0 aliphatic carbocycles. The van der Waals surface area contributed by atoms with E-state index in [9.17, 15) is 9.59 Å². The molecule has 2 amide bonds. The Balaban J connectivity index is 2.16. The normalized spacial score (nSPS) is 15.1. The highest BCUT2D eigenvalue weighted by atomic mass is 16.2. The van der Waals surface area contributed by atoms with Gasteiger partial charge in [0, 0.05) is 25.1 Å². The van der Waals surface area contributed by atoms with Crippen molar-refractivity contribution in [2.45, 2.75) is 27.2 Å². The maximum Gasteiger partial charge on any atom is 0.321 e. The molecule has 0 saturated carbocycles. The number of amides is 2. The number of urea groups is 1. The maximum atomic E-state index is 12.2. The SMILES string of the molecule is CC(C)(C)CNC(=O)N1CCC(=O)c2ccccc21. The number of carbonyl (C=O) groups is 2. The second kappa shape index (κ2) is 5.03. The second-order valence-electron chi connectivity index (χ2n) is 6.06. The van der Waals surface area contributed by atoms with Gasteiger partial charge in [0.2, 0.25) is 0 Å². The summed E-state index contributed by atoms with van der Waals surface area (Å²) in [5, 5.41) is 2.92. The van der Waals surface area contributed by atoms with E-state index in [0.717, 1.165) is 0 Å². The van der Waals surface area contributed by atoms with Crippen LogP contribution in [0.15, 0.2) is 24.3 Å². The Bertz CT molecular complexity index is 503. The molecule has 4 nitrogen and oxygen atoms in total. The lowest BCUT2D eigenvalue weighted by atomic mass is 9.97. The number of carbonyl (C=O) groups excluding carboxylic acids is 2. The Labute approximate surface area is 113 Å². The summed E-state index contributed by atoms with van der Waals surface area (Å²) in [5.74, 6) is 0.107. The molecule has 0 fully saturated rings. The Morgan fingerprint density at radius 3 is 2.68 bits per heavy atom. The van der Waals surface area contributed by atoms with Crippen LogP contribution in [0.5, 0.6) is 0 Å². The Hall–Kier alpha value is -1.84. The van der Waals surface area contributed by atoms with E-state index in [-0.39, 0.29) is 17.2 Å². The third kappa shape index (κ3) is 3.13. The number of benzene rings is 1. The highest BCUT2D eigenvalue weighted by molar-refractivity contribution is 6.08. The first kappa shape index (κ1) is 13.6. The lowest BCUT2D eigenvalue weighted by Crippen LogP contribution is -2.46. The van der Waals surface area contributed by atoms with Crippen molar-refractivity contribution in [1.82, 2.24) is 5.32 Å². The fourth-order valence-electron chi connectivity index (χ4n) is 2.06. The van der Waals surface area contributed by atoms with Crippen LogP contribution in [-0.2, 0) is 0 Å². The van der Waals surface area contributed by atoms with Crippen LogP contribution in [-0.4, -0.2) is 24.9 Å². The lowest BCUT2D eigenvalue weighted by molar-refractivity contribution is 0.0981. The summed E-state index contributed by atoms with van der Waals surface area (Å²) in [7, 11) is 0. The smallest absolute Gasteiger partial charge is 0.321 e. The van der Waals surface area contributed by atoms with E-state index in [1.54, 1.807) is 11.0 Å². The van der Waals surface area contributed by atoms with Gasteiger partial charge in [0.25, 0.3) is 0 Å². The van der Waals surface area contributed by atoms with Gasteiger partial charge in [-0.1, -0.05) is 32.9 Å². The third-order valence-corrected chi connectivity index (χ3v) is 3.07. The molecule has 1 aromatic carbocycles. The average Bonchev–Trinajstić information content (AvgIpc) is 2.36. The fourth-order valence-corrected chi connectivity index (χ4v) is 2.06. The van der Waals surface area contributed by atoms with Gasteiger partial charge in [-0.3, -0.25) is 9.69 Å². The van der Waals surface area contributed by atoms with E-state index >= 15 is 0 Å². The molecule has 4 heteroatoms. The van der Waals surface area contributed by atoms with E-state index in [0.29, 0.717) is 30.8 Å². The number of fused-ring (bicyclic) bond motifs is 1. The molecule has 1 aromatic rings. The number of anilines is 1. The van der Waals surface area contributed by atoms with Crippen molar-refractivity contribution >= 4 is 17.5 Å². The zero-order valence-electron chi connectivity index (χ0n) is 11.7. The summed E-state index contributed by atoms with van der Waals surface area (Å²) in [6.45, 7) is 7.27. The van der Waals surface area contributed by atoms with Crippen LogP contribution in [0.2, 0.25) is 0 Å². The number of hydrogen-bond acceptors (Lipinski definition) is 2. The number of hydrogen-bond donors (Lipinski definition) is 1. The van der Waals surface area contributed by atoms with Gasteiger partial charge in [-0.25, -0.2) is 4.79 Å². The Kier molecular flexibility index (Phi) is 3.60. The summed E-state index contributed by atoms with van der Waals surface area (Å²) in [4.78, 5) is 25.7. The molecule has 0 atom stereocenters. The van der Waals surface area contributed by atoms with Gasteiger partial charge in [0.1, 0.15) is 0 Å². The first-order chi connectivity index (χ1) is 8.88. The summed E-state index contributed by atoms with van der Waals surface area (Å²) in [6, 6.07) is 7.15. The molecule has 1 aliphatic heterocycles. The molecule has 102 valence electrons. The molecule has 2 rings (SSSR count). The predicted octanol–water partition coefficient (Wildman–Crippen LogP) is 2.84. The molecular formula is C15H20N2O2. The molecule has 19 heavy (non-hydrogen) atoms. The monoisotopic (exact) mass is 260 g/mol. The van der Waals surface area contributed by atoms with E-state index in [1.807, 2.05) is 18.2 Å². The van der Waals surface area contributed by atoms with Crippen molar-refractivity contribution < 1.29 is 9.59 Å². The molecule has 0 radical (unpaired) electrons. The zero-order valence-corrected chi connectivity index (χ0v) is 11.7. The standard InChI is InChI=1S/C15H20N2O2/c1-15(2,3)10-16-14(19)17-9-8-13(18)11-6-4-5-7-12(11)17/h4-7H,8-10H2,1-3H3,(H,16,19). The van der Waals surface area contributed by atoms with Crippen LogP contribution in [0.4, 0.5) is 10.5 Å². The van der Waals surface area contributed by atoms with Crippen molar-refractivity contribution in [3.63, 3.8) is 0 Å². The molecule has 0 bridgehead atoms. The predicted molar refractivity (Wildman–Crippen MR) is 75.6 cm³/mol. The van der Waals surface area contributed by atoms with Gasteiger partial charge in [0.15, 0.2) is 5.78 Å². The summed E-state index contributed by atoms with van der Waals surface area (Å²) >= 11 is 0. The topological polar surface area (TPSA) is 49.4 Å². The van der Waals surface area contributed by atoms with Gasteiger partial charge in [-0.15, -0.1) is 0 Å². The fraction of sp³-hybridized carbons (Fsp3) is 0.467. The highest BCUT2D eigenvalue weighted by Gasteiger charge is 2.27. The molecular weight excluding hydrogens is 240 g/mol. The quantitative estimate of drug-likeness (QED) is 0.844. The van der Waals surface area contributed by atoms with Crippen LogP contribution in [0.3, 0.4) is 0 Å². The summed E-state index contributed by atoms with van der Waals surface area (Å²) in [5.41, 5.74) is 1.39. The van der Waals surface area contributed by atoms with Crippen LogP contribution in [0.25, 0.3) is 0 Å². The number of nitrogens with one attached hydrogen (secondary N) is 1. The number of ketones is 1. The largest absolute Gasteiger partial charge is 0.337 e. The third-order valence-electron chi connectivity index (χ3n) is 3.07. The van der Waals surface area contributed by atoms with E-state index in [4.69, 9.17) is 0 Å². The Morgan fingerprint density at radius 1 is 1.32 bits per heavy atom. The summed E-state index contributed by atoms with van der Waals surface area (Å²) < 4.78 is 0. The van der Waals surface area contributed by atoms with Crippen molar-refractivity contribution in [1.29, 1.82) is 0 Å². The molecule has 0 aromatic heterocycles. The molecule has 1 N–H and O–H groups in total. The van der Waals surface area contributed by atoms with Crippen molar-refractivity contribution in [3.8, 4) is 0 Å². The van der Waals surface area contributed by atoms with Gasteiger partial charge < -0.3 is 5.32 Å². The molecule has 1 heterocycles. The minimum atomic E-state index is -0.130. The lowest BCUT2D eigenvalue weighted by Gasteiger charge is -2.30. The number of para-hydroxylation sites is 1. The van der Waals surface area contributed by atoms with Crippen molar-refractivity contribution in [2.75, 3.05) is 18.0 Å². The minimum Gasteiger partial charge on any atom is -0.337 e.